The fraction of sp³-hybridized carbons (Fsp3) is 0.353. The number of benzene rings is 1. The Morgan fingerprint density at radius 2 is 1.87 bits per heavy atom. The van der Waals surface area contributed by atoms with Crippen LogP contribution in [-0.4, -0.2) is 50.2 Å². The number of carbonyl (C=O) groups excluding carboxylic acids is 2. The van der Waals surface area contributed by atoms with Gasteiger partial charge in [-0.25, -0.2) is 4.68 Å². The molecule has 6 heteroatoms. The first-order valence-electron chi connectivity index (χ1n) is 7.53. The lowest BCUT2D eigenvalue weighted by Gasteiger charge is -2.27. The molecule has 0 saturated heterocycles. The van der Waals surface area contributed by atoms with Crippen LogP contribution in [0, 0.1) is 0 Å². The number of hydrogen-bond acceptors (Lipinski definition) is 4. The number of aliphatic hydroxyl groups is 1. The van der Waals surface area contributed by atoms with E-state index in [9.17, 15) is 14.7 Å². The summed E-state index contributed by atoms with van der Waals surface area (Å²) in [6, 6.07) is 9.16. The van der Waals surface area contributed by atoms with E-state index < -0.39 is 17.8 Å². The molecule has 1 aromatic carbocycles. The summed E-state index contributed by atoms with van der Waals surface area (Å²) in [6.45, 7) is 5.32. The van der Waals surface area contributed by atoms with Crippen molar-refractivity contribution in [3.8, 4) is 5.69 Å². The van der Waals surface area contributed by atoms with E-state index in [1.165, 1.54) is 17.3 Å². The molecule has 23 heavy (non-hydrogen) atoms. The maximum Gasteiger partial charge on any atom is 0.295 e. The minimum absolute atomic E-state index is 0.120. The van der Waals surface area contributed by atoms with E-state index in [-0.39, 0.29) is 18.2 Å². The monoisotopic (exact) mass is 315 g/mol. The minimum Gasteiger partial charge on any atom is -0.392 e. The van der Waals surface area contributed by atoms with Crippen molar-refractivity contribution in [2.75, 3.05) is 6.54 Å². The maximum atomic E-state index is 12.4. The molecule has 0 aliphatic heterocycles. The van der Waals surface area contributed by atoms with Crippen LogP contribution in [0.25, 0.3) is 5.69 Å². The quantitative estimate of drug-likeness (QED) is 0.650. The van der Waals surface area contributed by atoms with Gasteiger partial charge in [-0.15, -0.1) is 0 Å². The van der Waals surface area contributed by atoms with Gasteiger partial charge < -0.3 is 10.0 Å². The van der Waals surface area contributed by atoms with Gasteiger partial charge >= 0.3 is 0 Å². The van der Waals surface area contributed by atoms with Crippen LogP contribution in [0.3, 0.4) is 0 Å². The number of hydrogen-bond donors (Lipinski definition) is 1. The second-order valence-corrected chi connectivity index (χ2v) is 5.74. The van der Waals surface area contributed by atoms with Gasteiger partial charge in [0.25, 0.3) is 11.7 Å². The Morgan fingerprint density at radius 3 is 2.43 bits per heavy atom. The number of ketones is 1. The van der Waals surface area contributed by atoms with Gasteiger partial charge in [-0.1, -0.05) is 18.2 Å². The van der Waals surface area contributed by atoms with Crippen LogP contribution in [0.4, 0.5) is 0 Å². The van der Waals surface area contributed by atoms with Crippen LogP contribution in [0.5, 0.6) is 0 Å². The number of nitrogens with zero attached hydrogens (tertiary/aromatic N) is 3. The topological polar surface area (TPSA) is 75.4 Å². The summed E-state index contributed by atoms with van der Waals surface area (Å²) in [5.41, 5.74) is 1.04. The molecule has 1 atom stereocenters. The number of amides is 1. The largest absolute Gasteiger partial charge is 0.392 e. The smallest absolute Gasteiger partial charge is 0.295 e. The number of aliphatic hydroxyl groups excluding tert-OH is 1. The lowest BCUT2D eigenvalue weighted by atomic mass is 10.1. The number of aromatic nitrogens is 2. The molecule has 1 unspecified atom stereocenters. The first kappa shape index (κ1) is 16.9. The van der Waals surface area contributed by atoms with E-state index in [1.54, 1.807) is 25.5 Å². The highest BCUT2D eigenvalue weighted by Crippen LogP contribution is 2.11. The van der Waals surface area contributed by atoms with Gasteiger partial charge in [0.1, 0.15) is 0 Å². The summed E-state index contributed by atoms with van der Waals surface area (Å²) < 4.78 is 1.55. The SMILES string of the molecule is CC(O)CN(C(=O)C(=O)c1cnn(-c2ccccc2)c1)C(C)C. The van der Waals surface area contributed by atoms with Crippen molar-refractivity contribution in [2.24, 2.45) is 0 Å². The van der Waals surface area contributed by atoms with Crippen LogP contribution < -0.4 is 0 Å². The van der Waals surface area contributed by atoms with E-state index >= 15 is 0 Å². The summed E-state index contributed by atoms with van der Waals surface area (Å²) in [5, 5.41) is 13.6. The molecule has 1 amide bonds. The molecule has 0 saturated carbocycles. The Hall–Kier alpha value is -2.47. The molecule has 0 radical (unpaired) electrons. The summed E-state index contributed by atoms with van der Waals surface area (Å²) in [5.74, 6) is -1.25. The van der Waals surface area contributed by atoms with Gasteiger partial charge in [0.2, 0.25) is 0 Å². The van der Waals surface area contributed by atoms with Gasteiger partial charge in [-0.05, 0) is 32.9 Å². The molecule has 1 heterocycles. The van der Waals surface area contributed by atoms with Gasteiger partial charge in [-0.2, -0.15) is 5.10 Å². The van der Waals surface area contributed by atoms with E-state index in [2.05, 4.69) is 5.10 Å². The zero-order valence-electron chi connectivity index (χ0n) is 13.5. The second-order valence-electron chi connectivity index (χ2n) is 5.74. The molecular formula is C17H21N3O3. The molecule has 2 rings (SSSR count). The first-order chi connectivity index (χ1) is 10.9. The predicted octanol–water partition coefficient (Wildman–Crippen LogP) is 1.67. The van der Waals surface area contributed by atoms with Gasteiger partial charge in [0, 0.05) is 18.8 Å². The highest BCUT2D eigenvalue weighted by Gasteiger charge is 2.27. The van der Waals surface area contributed by atoms with Crippen LogP contribution in [-0.2, 0) is 4.79 Å². The molecule has 0 aliphatic carbocycles. The average molecular weight is 315 g/mol. The highest BCUT2D eigenvalue weighted by atomic mass is 16.3. The Bertz CT molecular complexity index is 677. The fourth-order valence-corrected chi connectivity index (χ4v) is 2.23. The molecular weight excluding hydrogens is 294 g/mol. The van der Waals surface area contributed by atoms with E-state index in [1.807, 2.05) is 30.3 Å². The Labute approximate surface area is 135 Å². The van der Waals surface area contributed by atoms with Crippen molar-refractivity contribution in [1.82, 2.24) is 14.7 Å². The fourth-order valence-electron chi connectivity index (χ4n) is 2.23. The van der Waals surface area contributed by atoms with E-state index in [0.717, 1.165) is 5.69 Å². The van der Waals surface area contributed by atoms with Crippen molar-refractivity contribution in [3.63, 3.8) is 0 Å². The van der Waals surface area contributed by atoms with Crippen molar-refractivity contribution < 1.29 is 14.7 Å². The molecule has 122 valence electrons. The number of carbonyl (C=O) groups is 2. The third kappa shape index (κ3) is 4.04. The van der Waals surface area contributed by atoms with Gasteiger partial charge in [0.15, 0.2) is 0 Å². The summed E-state index contributed by atoms with van der Waals surface area (Å²) in [7, 11) is 0. The summed E-state index contributed by atoms with van der Waals surface area (Å²) >= 11 is 0. The lowest BCUT2D eigenvalue weighted by Crippen LogP contribution is -2.44. The predicted molar refractivity (Wildman–Crippen MR) is 86.4 cm³/mol. The van der Waals surface area contributed by atoms with Crippen LogP contribution in [0.2, 0.25) is 0 Å². The van der Waals surface area contributed by atoms with Crippen molar-refractivity contribution >= 4 is 11.7 Å². The number of para-hydroxylation sites is 1. The Balaban J connectivity index is 2.20. The molecule has 0 bridgehead atoms. The van der Waals surface area contributed by atoms with E-state index in [0.29, 0.717) is 0 Å². The van der Waals surface area contributed by atoms with E-state index in [4.69, 9.17) is 0 Å². The molecule has 0 spiro atoms. The van der Waals surface area contributed by atoms with Gasteiger partial charge in [0.05, 0.1) is 23.6 Å². The zero-order chi connectivity index (χ0) is 17.0. The molecule has 0 fully saturated rings. The third-order valence-electron chi connectivity index (χ3n) is 3.40. The van der Waals surface area contributed by atoms with Crippen LogP contribution in [0.15, 0.2) is 42.7 Å². The van der Waals surface area contributed by atoms with Crippen molar-refractivity contribution in [1.29, 1.82) is 0 Å². The molecule has 6 nitrogen and oxygen atoms in total. The standard InChI is InChI=1S/C17H21N3O3/c1-12(2)19(10-13(3)21)17(23)16(22)14-9-18-20(11-14)15-7-5-4-6-8-15/h4-9,11-13,21H,10H2,1-3H3. The zero-order valence-corrected chi connectivity index (χ0v) is 13.5. The maximum absolute atomic E-state index is 12.4. The highest BCUT2D eigenvalue weighted by molar-refractivity contribution is 6.42. The molecule has 1 aromatic heterocycles. The normalized spacial score (nSPS) is 12.2. The van der Waals surface area contributed by atoms with Crippen LogP contribution in [0.1, 0.15) is 31.1 Å². The third-order valence-corrected chi connectivity index (χ3v) is 3.40. The lowest BCUT2D eigenvalue weighted by molar-refractivity contribution is -0.129. The Kier molecular flexibility index (Phi) is 5.28. The van der Waals surface area contributed by atoms with Crippen LogP contribution >= 0.6 is 0 Å². The van der Waals surface area contributed by atoms with Crippen molar-refractivity contribution in [3.05, 3.63) is 48.3 Å². The molecule has 0 aliphatic rings. The second kappa shape index (κ2) is 7.19. The van der Waals surface area contributed by atoms with Gasteiger partial charge in [-0.3, -0.25) is 9.59 Å². The number of Topliss-reactive ketones (excluding diaryl/α,β-unsaturated/α-hetero) is 1. The number of rotatable bonds is 6. The average Bonchev–Trinajstić information content (AvgIpc) is 3.01. The Morgan fingerprint density at radius 1 is 1.22 bits per heavy atom. The minimum atomic E-state index is -0.693. The molecule has 2 aromatic rings. The summed E-state index contributed by atoms with van der Waals surface area (Å²) in [6.07, 6.45) is 2.23. The van der Waals surface area contributed by atoms with Crippen molar-refractivity contribution in [2.45, 2.75) is 32.9 Å². The first-order valence-corrected chi connectivity index (χ1v) is 7.53. The molecule has 1 N–H and O–H groups in total. The summed E-state index contributed by atoms with van der Waals surface area (Å²) in [4.78, 5) is 26.2.